The van der Waals surface area contributed by atoms with Gasteiger partial charge in [0.2, 0.25) is 0 Å². The predicted octanol–water partition coefficient (Wildman–Crippen LogP) is 2.76. The highest BCUT2D eigenvalue weighted by molar-refractivity contribution is 5.29. The summed E-state index contributed by atoms with van der Waals surface area (Å²) in [5.41, 5.74) is 0.369. The summed E-state index contributed by atoms with van der Waals surface area (Å²) in [5.74, 6) is -1.69. The molecule has 0 heterocycles. The summed E-state index contributed by atoms with van der Waals surface area (Å²) in [4.78, 5) is 0. The summed E-state index contributed by atoms with van der Waals surface area (Å²) in [6.45, 7) is 4.70. The van der Waals surface area contributed by atoms with Crippen molar-refractivity contribution in [2.75, 3.05) is 0 Å². The number of benzene rings is 1. The van der Waals surface area contributed by atoms with Crippen molar-refractivity contribution >= 4 is 0 Å². The van der Waals surface area contributed by atoms with Gasteiger partial charge in [0.05, 0.1) is 6.10 Å². The molecular formula is C11H14F2O. The minimum Gasteiger partial charge on any atom is -0.393 e. The second-order valence-electron chi connectivity index (χ2n) is 3.62. The molecule has 0 aliphatic carbocycles. The van der Waals surface area contributed by atoms with Crippen molar-refractivity contribution in [2.24, 2.45) is 0 Å². The van der Waals surface area contributed by atoms with Gasteiger partial charge in [-0.25, -0.2) is 8.78 Å². The van der Waals surface area contributed by atoms with Gasteiger partial charge >= 0.3 is 0 Å². The topological polar surface area (TPSA) is 20.2 Å². The van der Waals surface area contributed by atoms with Crippen molar-refractivity contribution in [3.05, 3.63) is 34.9 Å². The van der Waals surface area contributed by atoms with Gasteiger partial charge in [-0.15, -0.1) is 0 Å². The molecule has 0 aliphatic rings. The van der Waals surface area contributed by atoms with Crippen LogP contribution in [0.25, 0.3) is 0 Å². The standard InChI is InChI=1S/C11H14F2O/c1-6-4-5-9(12)10(11(6)13)7(2)8(3)14/h4-5,7-8,14H,1-3H3. The zero-order chi connectivity index (χ0) is 10.9. The first-order valence-electron chi connectivity index (χ1n) is 4.57. The number of aryl methyl sites for hydroxylation is 1. The molecule has 78 valence electrons. The number of hydrogen-bond donors (Lipinski definition) is 1. The summed E-state index contributed by atoms with van der Waals surface area (Å²) in [6.07, 6.45) is -0.763. The zero-order valence-corrected chi connectivity index (χ0v) is 8.51. The molecule has 1 rings (SSSR count). The van der Waals surface area contributed by atoms with Gasteiger partial charge in [-0.3, -0.25) is 0 Å². The molecule has 0 fully saturated rings. The van der Waals surface area contributed by atoms with Crippen LogP contribution in [0.15, 0.2) is 12.1 Å². The highest BCUT2D eigenvalue weighted by Gasteiger charge is 2.21. The molecule has 2 unspecified atom stereocenters. The number of hydrogen-bond acceptors (Lipinski definition) is 1. The second-order valence-corrected chi connectivity index (χ2v) is 3.62. The zero-order valence-electron chi connectivity index (χ0n) is 8.51. The van der Waals surface area contributed by atoms with Crippen LogP contribution in [0.1, 0.15) is 30.9 Å². The van der Waals surface area contributed by atoms with Crippen LogP contribution in [0.3, 0.4) is 0 Å². The number of halogens is 2. The predicted molar refractivity (Wildman–Crippen MR) is 51.2 cm³/mol. The normalized spacial score (nSPS) is 15.3. The first-order valence-corrected chi connectivity index (χ1v) is 4.57. The highest BCUT2D eigenvalue weighted by atomic mass is 19.1. The maximum atomic E-state index is 13.5. The van der Waals surface area contributed by atoms with E-state index in [9.17, 15) is 13.9 Å². The third kappa shape index (κ3) is 1.93. The Balaban J connectivity index is 3.25. The molecule has 0 aliphatic heterocycles. The van der Waals surface area contributed by atoms with Gasteiger partial charge in [-0.1, -0.05) is 13.0 Å². The Morgan fingerprint density at radius 1 is 1.21 bits per heavy atom. The van der Waals surface area contributed by atoms with E-state index >= 15 is 0 Å². The van der Waals surface area contributed by atoms with Crippen molar-refractivity contribution in [3.63, 3.8) is 0 Å². The molecule has 1 aromatic carbocycles. The minimum atomic E-state index is -0.763. The summed E-state index contributed by atoms with van der Waals surface area (Å²) >= 11 is 0. The Bertz CT molecular complexity index is 334. The first-order chi connectivity index (χ1) is 6.45. The van der Waals surface area contributed by atoms with Gasteiger partial charge in [-0.2, -0.15) is 0 Å². The molecule has 0 spiro atoms. The van der Waals surface area contributed by atoms with Crippen LogP contribution in [0.5, 0.6) is 0 Å². The third-order valence-electron chi connectivity index (χ3n) is 2.50. The van der Waals surface area contributed by atoms with E-state index in [-0.39, 0.29) is 5.56 Å². The van der Waals surface area contributed by atoms with Crippen LogP contribution in [0.4, 0.5) is 8.78 Å². The maximum Gasteiger partial charge on any atom is 0.132 e. The van der Waals surface area contributed by atoms with E-state index in [1.807, 2.05) is 0 Å². The average molecular weight is 200 g/mol. The van der Waals surface area contributed by atoms with Crippen molar-refractivity contribution in [1.29, 1.82) is 0 Å². The largest absolute Gasteiger partial charge is 0.393 e. The first kappa shape index (κ1) is 11.1. The van der Waals surface area contributed by atoms with Crippen LogP contribution in [0, 0.1) is 18.6 Å². The molecule has 0 saturated carbocycles. The van der Waals surface area contributed by atoms with E-state index < -0.39 is 23.7 Å². The Labute approximate surface area is 82.4 Å². The van der Waals surface area contributed by atoms with Crippen molar-refractivity contribution in [3.8, 4) is 0 Å². The van der Waals surface area contributed by atoms with Gasteiger partial charge in [0.1, 0.15) is 11.6 Å². The lowest BCUT2D eigenvalue weighted by atomic mass is 9.94. The fraction of sp³-hybridized carbons (Fsp3) is 0.455. The van der Waals surface area contributed by atoms with Gasteiger partial charge in [0.15, 0.2) is 0 Å². The van der Waals surface area contributed by atoms with E-state index in [1.165, 1.54) is 19.1 Å². The minimum absolute atomic E-state index is 0.0278. The Kier molecular flexibility index (Phi) is 3.21. The smallest absolute Gasteiger partial charge is 0.132 e. The number of aliphatic hydroxyl groups excluding tert-OH is 1. The molecule has 0 amide bonds. The molecule has 1 N–H and O–H groups in total. The van der Waals surface area contributed by atoms with E-state index in [0.29, 0.717) is 5.56 Å². The van der Waals surface area contributed by atoms with E-state index in [0.717, 1.165) is 0 Å². The van der Waals surface area contributed by atoms with Gasteiger partial charge in [0, 0.05) is 11.5 Å². The van der Waals surface area contributed by atoms with Crippen LogP contribution >= 0.6 is 0 Å². The summed E-state index contributed by atoms with van der Waals surface area (Å²) < 4.78 is 26.8. The number of rotatable bonds is 2. The van der Waals surface area contributed by atoms with Crippen LogP contribution in [0.2, 0.25) is 0 Å². The van der Waals surface area contributed by atoms with E-state index in [2.05, 4.69) is 0 Å². The molecular weight excluding hydrogens is 186 g/mol. The average Bonchev–Trinajstić information content (AvgIpc) is 2.12. The molecule has 3 heteroatoms. The maximum absolute atomic E-state index is 13.5. The molecule has 0 radical (unpaired) electrons. The monoisotopic (exact) mass is 200 g/mol. The van der Waals surface area contributed by atoms with Crippen molar-refractivity contribution < 1.29 is 13.9 Å². The summed E-state index contributed by atoms with van der Waals surface area (Å²) in [7, 11) is 0. The van der Waals surface area contributed by atoms with E-state index in [4.69, 9.17) is 0 Å². The van der Waals surface area contributed by atoms with Crippen LogP contribution in [-0.2, 0) is 0 Å². The lowest BCUT2D eigenvalue weighted by Gasteiger charge is -2.17. The Hall–Kier alpha value is -0.960. The highest BCUT2D eigenvalue weighted by Crippen LogP contribution is 2.26. The number of aliphatic hydroxyl groups is 1. The van der Waals surface area contributed by atoms with Gasteiger partial charge < -0.3 is 5.11 Å². The van der Waals surface area contributed by atoms with Crippen LogP contribution in [-0.4, -0.2) is 11.2 Å². The second kappa shape index (κ2) is 4.05. The molecule has 14 heavy (non-hydrogen) atoms. The molecule has 1 aromatic rings. The molecule has 0 bridgehead atoms. The Morgan fingerprint density at radius 2 is 1.79 bits per heavy atom. The lowest BCUT2D eigenvalue weighted by molar-refractivity contribution is 0.165. The fourth-order valence-electron chi connectivity index (χ4n) is 1.34. The third-order valence-corrected chi connectivity index (χ3v) is 2.50. The van der Waals surface area contributed by atoms with Gasteiger partial charge in [-0.05, 0) is 25.5 Å². The molecule has 2 atom stereocenters. The van der Waals surface area contributed by atoms with Crippen molar-refractivity contribution in [1.82, 2.24) is 0 Å². The van der Waals surface area contributed by atoms with E-state index in [1.54, 1.807) is 13.8 Å². The van der Waals surface area contributed by atoms with Crippen LogP contribution < -0.4 is 0 Å². The lowest BCUT2D eigenvalue weighted by Crippen LogP contribution is -2.15. The quantitative estimate of drug-likeness (QED) is 0.778. The fourth-order valence-corrected chi connectivity index (χ4v) is 1.34. The van der Waals surface area contributed by atoms with Crippen molar-refractivity contribution in [2.45, 2.75) is 32.8 Å². The molecule has 0 aromatic heterocycles. The van der Waals surface area contributed by atoms with Gasteiger partial charge in [0.25, 0.3) is 0 Å². The molecule has 1 nitrogen and oxygen atoms in total. The Morgan fingerprint density at radius 3 is 2.29 bits per heavy atom. The summed E-state index contributed by atoms with van der Waals surface area (Å²) in [6, 6.07) is 2.62. The summed E-state index contributed by atoms with van der Waals surface area (Å²) in [5, 5.41) is 9.28. The SMILES string of the molecule is Cc1ccc(F)c(C(C)C(C)O)c1F. The molecule has 0 saturated heterocycles.